The highest BCUT2D eigenvalue weighted by Crippen LogP contribution is 2.31. The number of amides is 1. The molecule has 3 aromatic rings. The molecule has 26 heavy (non-hydrogen) atoms. The van der Waals surface area contributed by atoms with Crippen LogP contribution in [0.15, 0.2) is 54.9 Å². The van der Waals surface area contributed by atoms with Crippen molar-refractivity contribution in [2.45, 2.75) is 31.8 Å². The highest BCUT2D eigenvalue weighted by atomic mass is 16.2. The van der Waals surface area contributed by atoms with Gasteiger partial charge < -0.3 is 9.47 Å². The van der Waals surface area contributed by atoms with Crippen LogP contribution in [-0.4, -0.2) is 36.9 Å². The Hall–Kier alpha value is -2.89. The molecule has 6 nitrogen and oxygen atoms in total. The summed E-state index contributed by atoms with van der Waals surface area (Å²) in [6.07, 6.45) is 6.95. The minimum Gasteiger partial charge on any atom is -0.353 e. The number of aromatic nitrogens is 4. The lowest BCUT2D eigenvalue weighted by Gasteiger charge is -2.35. The standard InChI is InChI=1S/C20H23N5O/c1-23-12-7-11-18(23)19-10-5-6-13-25(19)20(26)17-15-24(22-21-17)14-16-8-3-2-4-9-16/h2-4,7-9,11-12,15,19H,5-6,10,13-14H2,1H3/t19-/m1/s1. The monoisotopic (exact) mass is 349 g/mol. The molecule has 0 unspecified atom stereocenters. The molecule has 0 aliphatic carbocycles. The summed E-state index contributed by atoms with van der Waals surface area (Å²) >= 11 is 0. The number of nitrogens with zero attached hydrogens (tertiary/aromatic N) is 5. The summed E-state index contributed by atoms with van der Waals surface area (Å²) in [5.41, 5.74) is 2.73. The molecule has 1 aliphatic rings. The fraction of sp³-hybridized carbons (Fsp3) is 0.350. The van der Waals surface area contributed by atoms with Gasteiger partial charge in [0.1, 0.15) is 0 Å². The van der Waals surface area contributed by atoms with E-state index in [4.69, 9.17) is 0 Å². The van der Waals surface area contributed by atoms with Crippen LogP contribution in [0.1, 0.15) is 47.1 Å². The summed E-state index contributed by atoms with van der Waals surface area (Å²) in [4.78, 5) is 15.0. The summed E-state index contributed by atoms with van der Waals surface area (Å²) in [5, 5.41) is 8.29. The van der Waals surface area contributed by atoms with Gasteiger partial charge >= 0.3 is 0 Å². The van der Waals surface area contributed by atoms with Crippen molar-refractivity contribution in [3.63, 3.8) is 0 Å². The van der Waals surface area contributed by atoms with E-state index in [1.54, 1.807) is 10.9 Å². The van der Waals surface area contributed by atoms with Gasteiger partial charge in [0, 0.05) is 25.5 Å². The molecule has 2 aromatic heterocycles. The van der Waals surface area contributed by atoms with Crippen molar-refractivity contribution in [3.8, 4) is 0 Å². The molecule has 1 aromatic carbocycles. The van der Waals surface area contributed by atoms with Gasteiger partial charge in [-0.1, -0.05) is 35.5 Å². The Bertz CT molecular complexity index is 883. The number of piperidine rings is 1. The largest absolute Gasteiger partial charge is 0.353 e. The molecule has 1 aliphatic heterocycles. The zero-order valence-corrected chi connectivity index (χ0v) is 15.0. The van der Waals surface area contributed by atoms with E-state index in [-0.39, 0.29) is 11.9 Å². The van der Waals surface area contributed by atoms with Crippen LogP contribution in [0, 0.1) is 0 Å². The Morgan fingerprint density at radius 3 is 2.77 bits per heavy atom. The molecule has 1 fully saturated rings. The summed E-state index contributed by atoms with van der Waals surface area (Å²) in [6.45, 7) is 1.38. The van der Waals surface area contributed by atoms with Crippen LogP contribution in [0.5, 0.6) is 0 Å². The van der Waals surface area contributed by atoms with Gasteiger partial charge in [-0.3, -0.25) is 4.79 Å². The molecule has 134 valence electrons. The zero-order valence-electron chi connectivity index (χ0n) is 15.0. The number of rotatable bonds is 4. The molecule has 6 heteroatoms. The number of aryl methyl sites for hydroxylation is 1. The minimum absolute atomic E-state index is 0.0322. The minimum atomic E-state index is -0.0322. The van der Waals surface area contributed by atoms with E-state index in [0.717, 1.165) is 31.4 Å². The predicted octanol–water partition coefficient (Wildman–Crippen LogP) is 3.03. The number of carbonyl (C=O) groups is 1. The SMILES string of the molecule is Cn1cccc1[C@H]1CCCCN1C(=O)c1cn(Cc2ccccc2)nn1. The maximum absolute atomic E-state index is 13.1. The van der Waals surface area contributed by atoms with Gasteiger partial charge in [-0.25, -0.2) is 4.68 Å². The fourth-order valence-electron chi connectivity index (χ4n) is 3.69. The predicted molar refractivity (Wildman–Crippen MR) is 98.6 cm³/mol. The maximum Gasteiger partial charge on any atom is 0.276 e. The van der Waals surface area contributed by atoms with Crippen molar-refractivity contribution in [2.75, 3.05) is 6.54 Å². The van der Waals surface area contributed by atoms with E-state index >= 15 is 0 Å². The van der Waals surface area contributed by atoms with Crippen molar-refractivity contribution >= 4 is 5.91 Å². The summed E-state index contributed by atoms with van der Waals surface area (Å²) < 4.78 is 3.83. The first-order chi connectivity index (χ1) is 12.7. The Labute approximate surface area is 153 Å². The second-order valence-electron chi connectivity index (χ2n) is 6.84. The van der Waals surface area contributed by atoms with E-state index < -0.39 is 0 Å². The van der Waals surface area contributed by atoms with Gasteiger partial charge in [0.15, 0.2) is 5.69 Å². The summed E-state index contributed by atoms with van der Waals surface area (Å²) in [7, 11) is 2.03. The first-order valence-corrected chi connectivity index (χ1v) is 9.08. The van der Waals surface area contributed by atoms with E-state index in [0.29, 0.717) is 12.2 Å². The second kappa shape index (κ2) is 7.15. The Morgan fingerprint density at radius 2 is 2.00 bits per heavy atom. The van der Waals surface area contributed by atoms with Crippen LogP contribution in [0.3, 0.4) is 0 Å². The lowest BCUT2D eigenvalue weighted by molar-refractivity contribution is 0.0596. The van der Waals surface area contributed by atoms with E-state index in [9.17, 15) is 4.79 Å². The maximum atomic E-state index is 13.1. The molecule has 1 amide bonds. The quantitative estimate of drug-likeness (QED) is 0.727. The molecule has 0 radical (unpaired) electrons. The van der Waals surface area contributed by atoms with Crippen molar-refractivity contribution in [1.29, 1.82) is 0 Å². The van der Waals surface area contributed by atoms with Gasteiger partial charge in [0.25, 0.3) is 5.91 Å². The Balaban J connectivity index is 1.53. The lowest BCUT2D eigenvalue weighted by atomic mass is 9.99. The van der Waals surface area contributed by atoms with Crippen LogP contribution in [-0.2, 0) is 13.6 Å². The first-order valence-electron chi connectivity index (χ1n) is 9.08. The van der Waals surface area contributed by atoms with Crippen LogP contribution >= 0.6 is 0 Å². The van der Waals surface area contributed by atoms with Crippen molar-refractivity contribution in [3.05, 3.63) is 71.8 Å². The molecule has 3 heterocycles. The molecule has 4 rings (SSSR count). The third-order valence-electron chi connectivity index (χ3n) is 5.03. The molecule has 0 bridgehead atoms. The zero-order chi connectivity index (χ0) is 17.9. The van der Waals surface area contributed by atoms with Crippen molar-refractivity contribution in [1.82, 2.24) is 24.5 Å². The van der Waals surface area contributed by atoms with E-state index in [1.807, 2.05) is 54.5 Å². The van der Waals surface area contributed by atoms with E-state index in [2.05, 4.69) is 20.9 Å². The van der Waals surface area contributed by atoms with Gasteiger partial charge in [-0.2, -0.15) is 0 Å². The summed E-state index contributed by atoms with van der Waals surface area (Å²) in [6, 6.07) is 14.3. The Kier molecular flexibility index (Phi) is 4.56. The van der Waals surface area contributed by atoms with Crippen LogP contribution < -0.4 is 0 Å². The number of hydrogen-bond acceptors (Lipinski definition) is 3. The van der Waals surface area contributed by atoms with Gasteiger partial charge in [0.2, 0.25) is 0 Å². The van der Waals surface area contributed by atoms with Gasteiger partial charge in [-0.15, -0.1) is 5.10 Å². The molecule has 1 atom stereocenters. The summed E-state index contributed by atoms with van der Waals surface area (Å²) in [5.74, 6) is -0.0322. The smallest absolute Gasteiger partial charge is 0.276 e. The lowest BCUT2D eigenvalue weighted by Crippen LogP contribution is -2.39. The molecule has 0 N–H and O–H groups in total. The number of carbonyl (C=O) groups excluding carboxylic acids is 1. The third kappa shape index (κ3) is 3.27. The molecule has 1 saturated heterocycles. The number of hydrogen-bond donors (Lipinski definition) is 0. The number of benzene rings is 1. The average Bonchev–Trinajstić information content (AvgIpc) is 3.31. The van der Waals surface area contributed by atoms with Gasteiger partial charge in [-0.05, 0) is 37.0 Å². The number of likely N-dealkylation sites (tertiary alicyclic amines) is 1. The van der Waals surface area contributed by atoms with Crippen LogP contribution in [0.25, 0.3) is 0 Å². The molecule has 0 spiro atoms. The van der Waals surface area contributed by atoms with Crippen molar-refractivity contribution < 1.29 is 4.79 Å². The van der Waals surface area contributed by atoms with Gasteiger partial charge in [0.05, 0.1) is 18.8 Å². The van der Waals surface area contributed by atoms with E-state index in [1.165, 1.54) is 5.69 Å². The molecular formula is C20H23N5O. The highest BCUT2D eigenvalue weighted by Gasteiger charge is 2.31. The van der Waals surface area contributed by atoms with Crippen LogP contribution in [0.2, 0.25) is 0 Å². The molecule has 0 saturated carbocycles. The second-order valence-corrected chi connectivity index (χ2v) is 6.84. The van der Waals surface area contributed by atoms with Crippen molar-refractivity contribution in [2.24, 2.45) is 7.05 Å². The normalized spacial score (nSPS) is 17.4. The Morgan fingerprint density at radius 1 is 1.15 bits per heavy atom. The van der Waals surface area contributed by atoms with Crippen LogP contribution in [0.4, 0.5) is 0 Å². The topological polar surface area (TPSA) is 56.0 Å². The third-order valence-corrected chi connectivity index (χ3v) is 5.03. The fourth-order valence-corrected chi connectivity index (χ4v) is 3.69. The first kappa shape index (κ1) is 16.6. The molecular weight excluding hydrogens is 326 g/mol. The average molecular weight is 349 g/mol. The highest BCUT2D eigenvalue weighted by molar-refractivity contribution is 5.92.